The molecule has 1 aliphatic rings. The van der Waals surface area contributed by atoms with E-state index in [1.165, 1.54) is 0 Å². The Morgan fingerprint density at radius 3 is 2.76 bits per heavy atom. The Kier molecular flexibility index (Phi) is 6.07. The molecule has 0 spiro atoms. The van der Waals surface area contributed by atoms with Gasteiger partial charge in [-0.15, -0.1) is 0 Å². The van der Waals surface area contributed by atoms with Gasteiger partial charge in [0, 0.05) is 13.1 Å². The summed E-state index contributed by atoms with van der Waals surface area (Å²) in [6.07, 6.45) is 3.27. The minimum Gasteiger partial charge on any atom is -0.338 e. The number of piperidine rings is 1. The molecule has 0 radical (unpaired) electrons. The van der Waals surface area contributed by atoms with Gasteiger partial charge in [0.2, 0.25) is 0 Å². The standard InChI is InChI=1S/C17H25ClN2O/c1-3-11-20(12-14-7-9-19-10-8-14)17(21)15-6-4-5-13(2)16(15)18/h4-6,14,19H,3,7-12H2,1-2H3. The van der Waals surface area contributed by atoms with Crippen molar-refractivity contribution in [2.75, 3.05) is 26.2 Å². The van der Waals surface area contributed by atoms with E-state index in [4.69, 9.17) is 11.6 Å². The van der Waals surface area contributed by atoms with Crippen molar-refractivity contribution in [2.45, 2.75) is 33.1 Å². The highest BCUT2D eigenvalue weighted by atomic mass is 35.5. The Labute approximate surface area is 132 Å². The molecule has 1 aromatic carbocycles. The van der Waals surface area contributed by atoms with Gasteiger partial charge in [0.1, 0.15) is 0 Å². The molecule has 4 heteroatoms. The van der Waals surface area contributed by atoms with Gasteiger partial charge in [0.15, 0.2) is 0 Å². The lowest BCUT2D eigenvalue weighted by Gasteiger charge is -2.30. The summed E-state index contributed by atoms with van der Waals surface area (Å²) < 4.78 is 0. The van der Waals surface area contributed by atoms with Crippen LogP contribution in [-0.4, -0.2) is 37.0 Å². The van der Waals surface area contributed by atoms with Crippen LogP contribution >= 0.6 is 11.6 Å². The average molecular weight is 309 g/mol. The minimum atomic E-state index is 0.0732. The van der Waals surface area contributed by atoms with Crippen LogP contribution in [0, 0.1) is 12.8 Å². The Bertz CT molecular complexity index is 484. The van der Waals surface area contributed by atoms with Gasteiger partial charge in [-0.05, 0) is 56.8 Å². The van der Waals surface area contributed by atoms with Crippen LogP contribution in [0.4, 0.5) is 0 Å². The number of carbonyl (C=O) groups is 1. The van der Waals surface area contributed by atoms with Crippen LogP contribution in [0.5, 0.6) is 0 Å². The van der Waals surface area contributed by atoms with E-state index in [1.54, 1.807) is 0 Å². The van der Waals surface area contributed by atoms with Crippen molar-refractivity contribution in [1.29, 1.82) is 0 Å². The summed E-state index contributed by atoms with van der Waals surface area (Å²) in [7, 11) is 0. The first kappa shape index (κ1) is 16.3. The normalized spacial score (nSPS) is 16.0. The van der Waals surface area contributed by atoms with Crippen molar-refractivity contribution in [3.63, 3.8) is 0 Å². The molecular formula is C17H25ClN2O. The number of nitrogens with one attached hydrogen (secondary N) is 1. The number of rotatable bonds is 5. The molecule has 0 aromatic heterocycles. The van der Waals surface area contributed by atoms with E-state index in [0.717, 1.165) is 51.0 Å². The van der Waals surface area contributed by atoms with Crippen LogP contribution < -0.4 is 5.32 Å². The highest BCUT2D eigenvalue weighted by Gasteiger charge is 2.23. The summed E-state index contributed by atoms with van der Waals surface area (Å²) in [6, 6.07) is 5.68. The lowest BCUT2D eigenvalue weighted by molar-refractivity contribution is 0.0716. The zero-order valence-corrected chi connectivity index (χ0v) is 13.7. The van der Waals surface area contributed by atoms with Crippen LogP contribution in [0.15, 0.2) is 18.2 Å². The molecule has 0 saturated carbocycles. The number of carbonyl (C=O) groups excluding carboxylic acids is 1. The molecule has 116 valence electrons. The Morgan fingerprint density at radius 2 is 2.10 bits per heavy atom. The Hall–Kier alpha value is -1.06. The molecule has 1 fully saturated rings. The lowest BCUT2D eigenvalue weighted by atomic mass is 9.97. The first-order valence-corrected chi connectivity index (χ1v) is 8.26. The van der Waals surface area contributed by atoms with Gasteiger partial charge in [-0.1, -0.05) is 30.7 Å². The van der Waals surface area contributed by atoms with Crippen LogP contribution in [0.2, 0.25) is 5.02 Å². The smallest absolute Gasteiger partial charge is 0.255 e. The molecule has 0 unspecified atom stereocenters. The monoisotopic (exact) mass is 308 g/mol. The Morgan fingerprint density at radius 1 is 1.38 bits per heavy atom. The summed E-state index contributed by atoms with van der Waals surface area (Å²) in [5, 5.41) is 3.96. The van der Waals surface area contributed by atoms with Crippen molar-refractivity contribution in [3.8, 4) is 0 Å². The number of benzene rings is 1. The number of halogens is 1. The number of hydrogen-bond acceptors (Lipinski definition) is 2. The molecule has 1 aliphatic heterocycles. The fourth-order valence-corrected chi connectivity index (χ4v) is 3.11. The summed E-state index contributed by atoms with van der Waals surface area (Å²) in [4.78, 5) is 14.8. The number of nitrogens with zero attached hydrogens (tertiary/aromatic N) is 1. The van der Waals surface area contributed by atoms with Crippen molar-refractivity contribution in [1.82, 2.24) is 10.2 Å². The highest BCUT2D eigenvalue weighted by Crippen LogP contribution is 2.23. The molecule has 2 rings (SSSR count). The molecule has 0 aliphatic carbocycles. The van der Waals surface area contributed by atoms with Crippen molar-refractivity contribution in [2.24, 2.45) is 5.92 Å². The van der Waals surface area contributed by atoms with Crippen LogP contribution in [-0.2, 0) is 0 Å². The molecule has 0 bridgehead atoms. The zero-order chi connectivity index (χ0) is 15.2. The number of amides is 1. The van der Waals surface area contributed by atoms with Gasteiger partial charge in [-0.3, -0.25) is 4.79 Å². The van der Waals surface area contributed by atoms with Gasteiger partial charge < -0.3 is 10.2 Å². The molecule has 1 heterocycles. The van der Waals surface area contributed by atoms with E-state index < -0.39 is 0 Å². The van der Waals surface area contributed by atoms with E-state index >= 15 is 0 Å². The summed E-state index contributed by atoms with van der Waals surface area (Å²) in [6.45, 7) is 7.82. The maximum absolute atomic E-state index is 12.8. The fourth-order valence-electron chi connectivity index (χ4n) is 2.90. The zero-order valence-electron chi connectivity index (χ0n) is 13.0. The molecule has 1 N–H and O–H groups in total. The number of hydrogen-bond donors (Lipinski definition) is 1. The van der Waals surface area contributed by atoms with E-state index in [-0.39, 0.29) is 5.91 Å². The van der Waals surface area contributed by atoms with Gasteiger partial charge in [-0.2, -0.15) is 0 Å². The Balaban J connectivity index is 2.12. The second kappa shape index (κ2) is 7.81. The van der Waals surface area contributed by atoms with Crippen LogP contribution in [0.3, 0.4) is 0 Å². The maximum atomic E-state index is 12.8. The highest BCUT2D eigenvalue weighted by molar-refractivity contribution is 6.34. The predicted molar refractivity (Wildman–Crippen MR) is 88.0 cm³/mol. The molecule has 1 amide bonds. The molecular weight excluding hydrogens is 284 g/mol. The molecule has 1 saturated heterocycles. The second-order valence-corrected chi connectivity index (χ2v) is 6.26. The van der Waals surface area contributed by atoms with Crippen LogP contribution in [0.1, 0.15) is 42.1 Å². The predicted octanol–water partition coefficient (Wildman–Crippen LogP) is 3.50. The molecule has 0 atom stereocenters. The molecule has 1 aromatic rings. The fraction of sp³-hybridized carbons (Fsp3) is 0.588. The van der Waals surface area contributed by atoms with Gasteiger partial charge in [0.05, 0.1) is 10.6 Å². The largest absolute Gasteiger partial charge is 0.338 e. The SMILES string of the molecule is CCCN(CC1CCNCC1)C(=O)c1cccc(C)c1Cl. The molecule has 21 heavy (non-hydrogen) atoms. The average Bonchev–Trinajstić information content (AvgIpc) is 2.50. The number of aryl methyl sites for hydroxylation is 1. The van der Waals surface area contributed by atoms with E-state index in [0.29, 0.717) is 16.5 Å². The third-order valence-corrected chi connectivity index (χ3v) is 4.64. The first-order valence-electron chi connectivity index (χ1n) is 7.88. The third-order valence-electron chi connectivity index (χ3n) is 4.14. The topological polar surface area (TPSA) is 32.3 Å². The van der Waals surface area contributed by atoms with E-state index in [9.17, 15) is 4.79 Å². The van der Waals surface area contributed by atoms with Crippen molar-refractivity contribution >= 4 is 17.5 Å². The quantitative estimate of drug-likeness (QED) is 0.903. The van der Waals surface area contributed by atoms with Crippen molar-refractivity contribution < 1.29 is 4.79 Å². The van der Waals surface area contributed by atoms with Gasteiger partial charge >= 0.3 is 0 Å². The maximum Gasteiger partial charge on any atom is 0.255 e. The van der Waals surface area contributed by atoms with Gasteiger partial charge in [-0.25, -0.2) is 0 Å². The first-order chi connectivity index (χ1) is 10.1. The summed E-state index contributed by atoms with van der Waals surface area (Å²) in [5.41, 5.74) is 1.60. The molecule has 3 nitrogen and oxygen atoms in total. The van der Waals surface area contributed by atoms with Gasteiger partial charge in [0.25, 0.3) is 5.91 Å². The van der Waals surface area contributed by atoms with Crippen molar-refractivity contribution in [3.05, 3.63) is 34.3 Å². The third kappa shape index (κ3) is 4.21. The van der Waals surface area contributed by atoms with Crippen LogP contribution in [0.25, 0.3) is 0 Å². The minimum absolute atomic E-state index is 0.0732. The van der Waals surface area contributed by atoms with E-state index in [1.807, 2.05) is 30.0 Å². The summed E-state index contributed by atoms with van der Waals surface area (Å²) in [5.74, 6) is 0.675. The van der Waals surface area contributed by atoms with E-state index in [2.05, 4.69) is 12.2 Å². The second-order valence-electron chi connectivity index (χ2n) is 5.88. The summed E-state index contributed by atoms with van der Waals surface area (Å²) >= 11 is 6.32. The lowest BCUT2D eigenvalue weighted by Crippen LogP contribution is -2.39.